The van der Waals surface area contributed by atoms with Crippen molar-refractivity contribution in [3.05, 3.63) is 56.4 Å². The van der Waals surface area contributed by atoms with Crippen molar-refractivity contribution < 1.29 is 33.4 Å². The molecule has 0 bridgehead atoms. The van der Waals surface area contributed by atoms with Crippen molar-refractivity contribution in [1.29, 1.82) is 0 Å². The highest BCUT2D eigenvalue weighted by atomic mass is 79.9. The molecule has 9 nitrogen and oxygen atoms in total. The number of imide groups is 1. The summed E-state index contributed by atoms with van der Waals surface area (Å²) < 4.78 is 16.7. The molecule has 37 heavy (non-hydrogen) atoms. The van der Waals surface area contributed by atoms with Crippen LogP contribution >= 0.6 is 39.3 Å². The van der Waals surface area contributed by atoms with E-state index in [0.717, 1.165) is 16.7 Å². The number of carbonyl (C=O) groups is 4. The molecule has 0 aliphatic carbocycles. The predicted molar refractivity (Wildman–Crippen MR) is 145 cm³/mol. The molecule has 2 aromatic rings. The minimum Gasteiger partial charge on any atom is -0.493 e. The Morgan fingerprint density at radius 3 is 2.59 bits per heavy atom. The van der Waals surface area contributed by atoms with E-state index < -0.39 is 29.6 Å². The van der Waals surface area contributed by atoms with E-state index in [9.17, 15) is 19.2 Å². The molecule has 12 heteroatoms. The van der Waals surface area contributed by atoms with Gasteiger partial charge in [0.25, 0.3) is 17.1 Å². The van der Waals surface area contributed by atoms with Crippen LogP contribution in [0.5, 0.6) is 11.5 Å². The van der Waals surface area contributed by atoms with Crippen LogP contribution in [0.15, 0.2) is 45.8 Å². The molecule has 1 aliphatic rings. The van der Waals surface area contributed by atoms with Gasteiger partial charge < -0.3 is 19.5 Å². The first kappa shape index (κ1) is 28.5. The van der Waals surface area contributed by atoms with Crippen LogP contribution in [0.4, 0.5) is 10.5 Å². The average molecular weight is 612 g/mol. The number of anilines is 1. The van der Waals surface area contributed by atoms with E-state index >= 15 is 0 Å². The SMILES string of the molecule is COc1cc(/C=C2/SC(=O)N(CC(=O)OCC(C)C)C2=O)ccc1OCC(=O)Nc1ccc(Br)c(Cl)c1. The van der Waals surface area contributed by atoms with E-state index in [0.29, 0.717) is 32.2 Å². The highest BCUT2D eigenvalue weighted by Gasteiger charge is 2.36. The second kappa shape index (κ2) is 13.0. The lowest BCUT2D eigenvalue weighted by Gasteiger charge is -2.13. The number of thioether (sulfide) groups is 1. The van der Waals surface area contributed by atoms with Gasteiger partial charge in [-0.2, -0.15) is 0 Å². The number of amides is 3. The number of carbonyl (C=O) groups excluding carboxylic acids is 4. The minimum atomic E-state index is -0.646. The zero-order chi connectivity index (χ0) is 27.1. The lowest BCUT2D eigenvalue weighted by atomic mass is 10.2. The fourth-order valence-corrected chi connectivity index (χ4v) is 4.29. The Morgan fingerprint density at radius 2 is 1.92 bits per heavy atom. The van der Waals surface area contributed by atoms with Gasteiger partial charge in [-0.1, -0.05) is 31.5 Å². The Kier molecular flexibility index (Phi) is 10.0. The van der Waals surface area contributed by atoms with Gasteiger partial charge in [-0.25, -0.2) is 0 Å². The standard InChI is InChI=1S/C25H24BrClN2O7S/c1-14(2)12-36-23(31)11-29-24(32)21(37-25(29)33)9-15-4-7-19(20(8-15)34-3)35-13-22(30)28-16-5-6-17(26)18(27)10-16/h4-10,14H,11-13H2,1-3H3,(H,28,30)/b21-9+. The molecule has 1 N–H and O–H groups in total. The predicted octanol–water partition coefficient (Wildman–Crippen LogP) is 5.36. The maximum absolute atomic E-state index is 12.7. The van der Waals surface area contributed by atoms with Gasteiger partial charge >= 0.3 is 5.97 Å². The average Bonchev–Trinajstić information content (AvgIpc) is 3.11. The van der Waals surface area contributed by atoms with Crippen LogP contribution in [0.2, 0.25) is 5.02 Å². The number of benzene rings is 2. The zero-order valence-electron chi connectivity index (χ0n) is 20.2. The normalized spacial score (nSPS) is 14.3. The van der Waals surface area contributed by atoms with Crippen molar-refractivity contribution in [3.8, 4) is 11.5 Å². The van der Waals surface area contributed by atoms with Crippen LogP contribution in [-0.2, 0) is 19.1 Å². The maximum Gasteiger partial charge on any atom is 0.326 e. The van der Waals surface area contributed by atoms with E-state index in [2.05, 4.69) is 21.2 Å². The van der Waals surface area contributed by atoms with Gasteiger partial charge in [0.1, 0.15) is 6.54 Å². The number of rotatable bonds is 10. The lowest BCUT2D eigenvalue weighted by Crippen LogP contribution is -2.34. The molecule has 0 aromatic heterocycles. The molecular formula is C25H24BrClN2O7S. The van der Waals surface area contributed by atoms with Gasteiger partial charge in [-0.15, -0.1) is 0 Å². The molecule has 1 fully saturated rings. The fraction of sp³-hybridized carbons (Fsp3) is 0.280. The molecule has 0 unspecified atom stereocenters. The molecule has 1 saturated heterocycles. The Balaban J connectivity index is 1.63. The quantitative estimate of drug-likeness (QED) is 0.282. The smallest absolute Gasteiger partial charge is 0.326 e. The van der Waals surface area contributed by atoms with E-state index in [1.165, 1.54) is 13.2 Å². The van der Waals surface area contributed by atoms with Gasteiger partial charge in [0, 0.05) is 10.2 Å². The third-order valence-corrected chi connectivity index (χ3v) is 6.93. The second-order valence-corrected chi connectivity index (χ2v) is 10.5. The minimum absolute atomic E-state index is 0.140. The molecule has 0 saturated carbocycles. The number of hydrogen-bond acceptors (Lipinski definition) is 8. The molecular weight excluding hydrogens is 588 g/mol. The summed E-state index contributed by atoms with van der Waals surface area (Å²) in [4.78, 5) is 50.2. The zero-order valence-corrected chi connectivity index (χ0v) is 23.4. The molecule has 1 aliphatic heterocycles. The van der Waals surface area contributed by atoms with E-state index in [-0.39, 0.29) is 24.0 Å². The van der Waals surface area contributed by atoms with Gasteiger partial charge in [0.15, 0.2) is 18.1 Å². The van der Waals surface area contributed by atoms with Crippen molar-refractivity contribution in [2.45, 2.75) is 13.8 Å². The summed E-state index contributed by atoms with van der Waals surface area (Å²) in [6.45, 7) is 3.25. The summed E-state index contributed by atoms with van der Waals surface area (Å²) in [5.74, 6) is -0.853. The van der Waals surface area contributed by atoms with Crippen LogP contribution in [0.1, 0.15) is 19.4 Å². The topological polar surface area (TPSA) is 111 Å². The molecule has 196 valence electrons. The van der Waals surface area contributed by atoms with Crippen molar-refractivity contribution in [2.24, 2.45) is 5.92 Å². The van der Waals surface area contributed by atoms with Crippen molar-refractivity contribution >= 4 is 74.1 Å². The second-order valence-electron chi connectivity index (χ2n) is 8.22. The first-order valence-electron chi connectivity index (χ1n) is 11.0. The molecule has 2 aromatic carbocycles. The maximum atomic E-state index is 12.7. The first-order chi connectivity index (χ1) is 17.6. The number of methoxy groups -OCH3 is 1. The third-order valence-electron chi connectivity index (χ3n) is 4.79. The fourth-order valence-electron chi connectivity index (χ4n) is 3.03. The van der Waals surface area contributed by atoms with Gasteiger partial charge in [0.05, 0.1) is 23.6 Å². The van der Waals surface area contributed by atoms with E-state index in [1.54, 1.807) is 36.4 Å². The van der Waals surface area contributed by atoms with E-state index in [4.69, 9.17) is 25.8 Å². The van der Waals surface area contributed by atoms with Crippen molar-refractivity contribution in [1.82, 2.24) is 4.90 Å². The summed E-state index contributed by atoms with van der Waals surface area (Å²) in [7, 11) is 1.44. The van der Waals surface area contributed by atoms with Crippen LogP contribution < -0.4 is 14.8 Å². The Bertz CT molecular complexity index is 1250. The van der Waals surface area contributed by atoms with Crippen LogP contribution in [0.3, 0.4) is 0 Å². The number of nitrogens with one attached hydrogen (secondary N) is 1. The number of ether oxygens (including phenoxy) is 3. The molecule has 0 atom stereocenters. The highest BCUT2D eigenvalue weighted by Crippen LogP contribution is 2.34. The van der Waals surface area contributed by atoms with Crippen LogP contribution in [-0.4, -0.2) is 54.8 Å². The summed E-state index contributed by atoms with van der Waals surface area (Å²) in [6, 6.07) is 9.85. The number of hydrogen-bond donors (Lipinski definition) is 1. The summed E-state index contributed by atoms with van der Waals surface area (Å²) >= 11 is 10.1. The van der Waals surface area contributed by atoms with Crippen LogP contribution in [0, 0.1) is 5.92 Å². The number of esters is 1. The van der Waals surface area contributed by atoms with Gasteiger partial charge in [-0.05, 0) is 75.6 Å². The number of nitrogens with zero attached hydrogens (tertiary/aromatic N) is 1. The van der Waals surface area contributed by atoms with Gasteiger partial charge in [-0.3, -0.25) is 24.1 Å². The summed E-state index contributed by atoms with van der Waals surface area (Å²) in [5, 5.41) is 2.59. The summed E-state index contributed by atoms with van der Waals surface area (Å²) in [6.07, 6.45) is 1.51. The monoisotopic (exact) mass is 610 g/mol. The molecule has 3 amide bonds. The Hall–Kier alpha value is -3.02. The summed E-state index contributed by atoms with van der Waals surface area (Å²) in [5.41, 5.74) is 1.08. The largest absolute Gasteiger partial charge is 0.493 e. The molecule has 1 heterocycles. The van der Waals surface area contributed by atoms with Gasteiger partial charge in [0.2, 0.25) is 0 Å². The van der Waals surface area contributed by atoms with Crippen LogP contribution in [0.25, 0.3) is 6.08 Å². The van der Waals surface area contributed by atoms with Crippen molar-refractivity contribution in [2.75, 3.05) is 32.2 Å². The highest BCUT2D eigenvalue weighted by molar-refractivity contribution is 9.10. The Labute approximate surface area is 231 Å². The van der Waals surface area contributed by atoms with Crippen molar-refractivity contribution in [3.63, 3.8) is 0 Å². The first-order valence-corrected chi connectivity index (χ1v) is 13.0. The Morgan fingerprint density at radius 1 is 1.16 bits per heavy atom. The third kappa shape index (κ3) is 7.98. The molecule has 0 spiro atoms. The molecule has 3 rings (SSSR count). The molecule has 0 radical (unpaired) electrons. The number of halogens is 2. The lowest BCUT2D eigenvalue weighted by molar-refractivity contribution is -0.147. The van der Waals surface area contributed by atoms with E-state index in [1.807, 2.05) is 13.8 Å².